The van der Waals surface area contributed by atoms with Crippen molar-refractivity contribution in [2.45, 2.75) is 6.42 Å². The normalized spacial score (nSPS) is 11.6. The Morgan fingerprint density at radius 1 is 1.33 bits per heavy atom. The second-order valence-corrected chi connectivity index (χ2v) is 7.74. The van der Waals surface area contributed by atoms with Gasteiger partial charge in [0.15, 0.2) is 5.13 Å². The van der Waals surface area contributed by atoms with Crippen LogP contribution in [0.4, 0.5) is 10.8 Å². The molecule has 1 amide bonds. The number of ether oxygens (including phenoxy) is 1. The van der Waals surface area contributed by atoms with Gasteiger partial charge in [0.2, 0.25) is 0 Å². The zero-order valence-electron chi connectivity index (χ0n) is 14.0. The number of halogens is 1. The van der Waals surface area contributed by atoms with E-state index in [-0.39, 0.29) is 11.3 Å². The Labute approximate surface area is 166 Å². The summed E-state index contributed by atoms with van der Waals surface area (Å²) in [6.07, 6.45) is 0.682. The SMILES string of the molecule is COc1ccc(Br)c2c1-c1nc(NC(=O)c3ccccc3[N+](=O)[O-])sc1C2. The minimum absolute atomic E-state index is 0.00131. The van der Waals surface area contributed by atoms with Crippen LogP contribution in [0.3, 0.4) is 0 Å². The number of fused-ring (bicyclic) bond motifs is 3. The molecular weight excluding hydrogens is 434 g/mol. The van der Waals surface area contributed by atoms with E-state index in [1.54, 1.807) is 13.2 Å². The number of nitro benzene ring substituents is 1. The molecule has 1 aliphatic carbocycles. The molecule has 0 unspecified atom stereocenters. The molecule has 0 radical (unpaired) electrons. The van der Waals surface area contributed by atoms with Gasteiger partial charge in [0, 0.05) is 27.4 Å². The summed E-state index contributed by atoms with van der Waals surface area (Å²) in [7, 11) is 1.60. The van der Waals surface area contributed by atoms with Gasteiger partial charge in [-0.3, -0.25) is 20.2 Å². The summed E-state index contributed by atoms with van der Waals surface area (Å²) >= 11 is 4.91. The topological polar surface area (TPSA) is 94.4 Å². The van der Waals surface area contributed by atoms with Crippen LogP contribution in [0, 0.1) is 10.1 Å². The fourth-order valence-corrected chi connectivity index (χ4v) is 4.52. The molecule has 2 aromatic carbocycles. The van der Waals surface area contributed by atoms with E-state index in [1.165, 1.54) is 29.5 Å². The average Bonchev–Trinajstić information content (AvgIpc) is 3.20. The van der Waals surface area contributed by atoms with Crippen molar-refractivity contribution >= 4 is 44.0 Å². The van der Waals surface area contributed by atoms with Crippen LogP contribution in [0.2, 0.25) is 0 Å². The minimum Gasteiger partial charge on any atom is -0.496 e. The van der Waals surface area contributed by atoms with E-state index in [1.807, 2.05) is 12.1 Å². The van der Waals surface area contributed by atoms with Crippen molar-refractivity contribution in [1.29, 1.82) is 0 Å². The number of carbonyl (C=O) groups excluding carboxylic acids is 1. The fourth-order valence-electron chi connectivity index (χ4n) is 3.07. The second kappa shape index (κ2) is 6.75. The third-order valence-corrected chi connectivity index (χ3v) is 5.99. The molecule has 0 atom stereocenters. The molecule has 0 spiro atoms. The lowest BCUT2D eigenvalue weighted by molar-refractivity contribution is -0.385. The number of hydrogen-bond acceptors (Lipinski definition) is 6. The molecule has 0 saturated heterocycles. The Kier molecular flexibility index (Phi) is 4.40. The quantitative estimate of drug-likeness (QED) is 0.364. The Hall–Kier alpha value is -2.78. The Morgan fingerprint density at radius 2 is 2.11 bits per heavy atom. The molecule has 3 aromatic rings. The third-order valence-electron chi connectivity index (χ3n) is 4.27. The van der Waals surface area contributed by atoms with Gasteiger partial charge in [0.1, 0.15) is 11.3 Å². The number of hydrogen-bond donors (Lipinski definition) is 1. The number of para-hydroxylation sites is 1. The van der Waals surface area contributed by atoms with Crippen LogP contribution in [0.5, 0.6) is 5.75 Å². The van der Waals surface area contributed by atoms with Crippen LogP contribution < -0.4 is 10.1 Å². The maximum absolute atomic E-state index is 12.5. The number of thiazole rings is 1. The molecule has 7 nitrogen and oxygen atoms in total. The number of amides is 1. The third kappa shape index (κ3) is 2.98. The molecule has 27 heavy (non-hydrogen) atoms. The summed E-state index contributed by atoms with van der Waals surface area (Å²) in [4.78, 5) is 28.6. The average molecular weight is 446 g/mol. The lowest BCUT2D eigenvalue weighted by Gasteiger charge is -2.09. The number of nitrogens with one attached hydrogen (secondary N) is 1. The summed E-state index contributed by atoms with van der Waals surface area (Å²) in [6.45, 7) is 0. The maximum atomic E-state index is 12.5. The van der Waals surface area contributed by atoms with Crippen molar-refractivity contribution in [2.75, 3.05) is 12.4 Å². The van der Waals surface area contributed by atoms with Gasteiger partial charge in [0.25, 0.3) is 11.6 Å². The van der Waals surface area contributed by atoms with Gasteiger partial charge < -0.3 is 4.74 Å². The zero-order chi connectivity index (χ0) is 19.1. The van der Waals surface area contributed by atoms with Crippen molar-refractivity contribution in [3.8, 4) is 17.0 Å². The van der Waals surface area contributed by atoms with E-state index in [0.29, 0.717) is 17.3 Å². The van der Waals surface area contributed by atoms with Crippen LogP contribution >= 0.6 is 27.3 Å². The molecule has 0 bridgehead atoms. The first-order valence-corrected chi connectivity index (χ1v) is 9.50. The van der Waals surface area contributed by atoms with Gasteiger partial charge in [0.05, 0.1) is 17.7 Å². The lowest BCUT2D eigenvalue weighted by Crippen LogP contribution is -2.13. The highest BCUT2D eigenvalue weighted by Gasteiger charge is 2.29. The highest BCUT2D eigenvalue weighted by Crippen LogP contribution is 2.48. The van der Waals surface area contributed by atoms with Crippen molar-refractivity contribution in [3.63, 3.8) is 0 Å². The predicted octanol–water partition coefficient (Wildman–Crippen LogP) is 4.65. The summed E-state index contributed by atoms with van der Waals surface area (Å²) in [5.41, 5.74) is 2.53. The number of methoxy groups -OCH3 is 1. The van der Waals surface area contributed by atoms with Crippen molar-refractivity contribution in [1.82, 2.24) is 4.98 Å². The van der Waals surface area contributed by atoms with Crippen molar-refractivity contribution < 1.29 is 14.5 Å². The van der Waals surface area contributed by atoms with Gasteiger partial charge in [-0.1, -0.05) is 28.1 Å². The highest BCUT2D eigenvalue weighted by atomic mass is 79.9. The van der Waals surface area contributed by atoms with E-state index >= 15 is 0 Å². The minimum atomic E-state index is -0.574. The number of nitro groups is 1. The Bertz CT molecular complexity index is 1100. The molecule has 1 aliphatic rings. The molecule has 1 N–H and O–H groups in total. The van der Waals surface area contributed by atoms with Crippen LogP contribution in [0.25, 0.3) is 11.3 Å². The van der Waals surface area contributed by atoms with Gasteiger partial charge in [-0.15, -0.1) is 11.3 Å². The van der Waals surface area contributed by atoms with Crippen molar-refractivity contribution in [2.24, 2.45) is 0 Å². The zero-order valence-corrected chi connectivity index (χ0v) is 16.4. The van der Waals surface area contributed by atoms with Crippen LogP contribution in [0.15, 0.2) is 40.9 Å². The van der Waals surface area contributed by atoms with Crippen LogP contribution in [-0.2, 0) is 6.42 Å². The van der Waals surface area contributed by atoms with E-state index < -0.39 is 10.8 Å². The first-order valence-electron chi connectivity index (χ1n) is 7.89. The first-order chi connectivity index (χ1) is 13.0. The van der Waals surface area contributed by atoms with Gasteiger partial charge in [-0.05, 0) is 23.8 Å². The van der Waals surface area contributed by atoms with E-state index in [9.17, 15) is 14.9 Å². The van der Waals surface area contributed by atoms with E-state index in [2.05, 4.69) is 26.2 Å². The number of aromatic nitrogens is 1. The summed E-state index contributed by atoms with van der Waals surface area (Å²) in [5, 5.41) is 14.2. The molecule has 136 valence electrons. The molecule has 4 rings (SSSR count). The van der Waals surface area contributed by atoms with Crippen LogP contribution in [0.1, 0.15) is 20.8 Å². The second-order valence-electron chi connectivity index (χ2n) is 5.80. The summed E-state index contributed by atoms with van der Waals surface area (Å²) in [5.74, 6) is 0.157. The molecule has 0 fully saturated rings. The van der Waals surface area contributed by atoms with E-state index in [4.69, 9.17) is 4.74 Å². The molecular formula is C18H12BrN3O4S. The number of anilines is 1. The van der Waals surface area contributed by atoms with Crippen molar-refractivity contribution in [3.05, 3.63) is 67.0 Å². The largest absolute Gasteiger partial charge is 0.496 e. The number of nitrogens with zero attached hydrogens (tertiary/aromatic N) is 2. The Morgan fingerprint density at radius 3 is 2.85 bits per heavy atom. The standard InChI is InChI=1S/C18H12BrN3O4S/c1-26-13-7-6-11(19)10-8-14-16(15(10)13)20-18(27-14)21-17(23)9-4-2-3-5-12(9)22(24)25/h2-7H,8H2,1H3,(H,20,21,23). The Balaban J connectivity index is 1.67. The molecule has 0 saturated carbocycles. The number of benzene rings is 2. The van der Waals surface area contributed by atoms with Gasteiger partial charge in [-0.25, -0.2) is 4.98 Å². The summed E-state index contributed by atoms with van der Waals surface area (Å²) in [6, 6.07) is 9.63. The molecule has 9 heteroatoms. The number of rotatable bonds is 4. The maximum Gasteiger partial charge on any atom is 0.282 e. The van der Waals surface area contributed by atoms with E-state index in [0.717, 1.165) is 26.2 Å². The molecule has 1 aromatic heterocycles. The highest BCUT2D eigenvalue weighted by molar-refractivity contribution is 9.10. The summed E-state index contributed by atoms with van der Waals surface area (Å²) < 4.78 is 6.43. The monoisotopic (exact) mass is 445 g/mol. The predicted molar refractivity (Wildman–Crippen MR) is 106 cm³/mol. The molecule has 1 heterocycles. The smallest absolute Gasteiger partial charge is 0.282 e. The van der Waals surface area contributed by atoms with Gasteiger partial charge >= 0.3 is 0 Å². The van der Waals surface area contributed by atoms with Crippen LogP contribution in [-0.4, -0.2) is 22.9 Å². The van der Waals surface area contributed by atoms with Gasteiger partial charge in [-0.2, -0.15) is 0 Å². The molecule has 0 aliphatic heterocycles. The first kappa shape index (κ1) is 17.6. The lowest BCUT2D eigenvalue weighted by atomic mass is 10.1. The fraction of sp³-hybridized carbons (Fsp3) is 0.111. The number of carbonyl (C=O) groups is 1.